The molecule has 1 aromatic rings. The number of nitrogens with zero attached hydrogens (tertiary/aromatic N) is 2. The number of carbonyl (C=O) groups is 1. The highest BCUT2D eigenvalue weighted by molar-refractivity contribution is 5.86. The Kier molecular flexibility index (Phi) is 16.2. The number of nitrogens with two attached hydrogens (primary N) is 1. The Bertz CT molecular complexity index is 469. The summed E-state index contributed by atoms with van der Waals surface area (Å²) in [4.78, 5) is 16.5. The molecule has 3 N–H and O–H groups in total. The van der Waals surface area contributed by atoms with Gasteiger partial charge in [0.25, 0.3) is 0 Å². The number of hydrogen-bond acceptors (Lipinski definition) is 4. The number of nitrogens with one attached hydrogen (secondary N) is 1. The van der Waals surface area contributed by atoms with Crippen molar-refractivity contribution in [2.75, 3.05) is 44.2 Å². The molecule has 1 saturated heterocycles. The van der Waals surface area contributed by atoms with E-state index in [0.717, 1.165) is 52.1 Å². The van der Waals surface area contributed by atoms with Gasteiger partial charge in [-0.1, -0.05) is 18.2 Å². The average molecular weight is 428 g/mol. The SMILES string of the molecule is CC(N)CCC(=O)NCCCN1CCN(c2ccccc2)CC1.Cl.Cl.Cl. The maximum absolute atomic E-state index is 11.6. The van der Waals surface area contributed by atoms with E-state index >= 15 is 0 Å². The summed E-state index contributed by atoms with van der Waals surface area (Å²) in [6.45, 7) is 8.08. The predicted molar refractivity (Wildman–Crippen MR) is 117 cm³/mol. The number of piperazine rings is 1. The van der Waals surface area contributed by atoms with Crippen molar-refractivity contribution in [3.05, 3.63) is 30.3 Å². The van der Waals surface area contributed by atoms with E-state index in [2.05, 4.69) is 45.4 Å². The molecule has 1 atom stereocenters. The Hall–Kier alpha value is -0.720. The van der Waals surface area contributed by atoms with Gasteiger partial charge in [0.2, 0.25) is 5.91 Å². The summed E-state index contributed by atoms with van der Waals surface area (Å²) >= 11 is 0. The first-order valence-electron chi connectivity index (χ1n) is 8.70. The second-order valence-electron chi connectivity index (χ2n) is 6.38. The van der Waals surface area contributed by atoms with Crippen LogP contribution in [0.25, 0.3) is 0 Å². The Labute approximate surface area is 176 Å². The summed E-state index contributed by atoms with van der Waals surface area (Å²) in [5.41, 5.74) is 6.97. The molecule has 0 aromatic heterocycles. The van der Waals surface area contributed by atoms with Gasteiger partial charge < -0.3 is 16.0 Å². The Morgan fingerprint density at radius 3 is 2.31 bits per heavy atom. The van der Waals surface area contributed by atoms with Gasteiger partial charge in [0, 0.05) is 50.9 Å². The molecule has 0 bridgehead atoms. The molecule has 8 heteroatoms. The van der Waals surface area contributed by atoms with E-state index in [4.69, 9.17) is 5.73 Å². The molecule has 1 unspecified atom stereocenters. The highest BCUT2D eigenvalue weighted by Crippen LogP contribution is 2.15. The lowest BCUT2D eigenvalue weighted by molar-refractivity contribution is -0.121. The van der Waals surface area contributed by atoms with Crippen molar-refractivity contribution < 1.29 is 4.79 Å². The van der Waals surface area contributed by atoms with Gasteiger partial charge in [-0.25, -0.2) is 0 Å². The van der Waals surface area contributed by atoms with Crippen molar-refractivity contribution in [1.29, 1.82) is 0 Å². The zero-order chi connectivity index (χ0) is 16.5. The van der Waals surface area contributed by atoms with Crippen LogP contribution in [0.3, 0.4) is 0 Å². The van der Waals surface area contributed by atoms with Crippen LogP contribution in [0.1, 0.15) is 26.2 Å². The number of rotatable bonds is 8. The fourth-order valence-corrected chi connectivity index (χ4v) is 2.85. The fraction of sp³-hybridized carbons (Fsp3) is 0.611. The van der Waals surface area contributed by atoms with Crippen LogP contribution in [0.15, 0.2) is 30.3 Å². The number of benzene rings is 1. The van der Waals surface area contributed by atoms with Crippen LogP contribution < -0.4 is 16.0 Å². The molecule has 1 fully saturated rings. The minimum atomic E-state index is 0. The number of para-hydroxylation sites is 1. The van der Waals surface area contributed by atoms with Crippen LogP contribution in [0.5, 0.6) is 0 Å². The van der Waals surface area contributed by atoms with Crippen LogP contribution in [0.4, 0.5) is 5.69 Å². The second-order valence-corrected chi connectivity index (χ2v) is 6.38. The van der Waals surface area contributed by atoms with E-state index in [1.54, 1.807) is 0 Å². The summed E-state index contributed by atoms with van der Waals surface area (Å²) in [6, 6.07) is 10.7. The third-order valence-corrected chi connectivity index (χ3v) is 4.29. The molecule has 0 saturated carbocycles. The van der Waals surface area contributed by atoms with Gasteiger partial charge in [-0.05, 0) is 38.4 Å². The van der Waals surface area contributed by atoms with Gasteiger partial charge in [-0.2, -0.15) is 0 Å². The van der Waals surface area contributed by atoms with E-state index in [1.165, 1.54) is 5.69 Å². The topological polar surface area (TPSA) is 61.6 Å². The third kappa shape index (κ3) is 10.4. The summed E-state index contributed by atoms with van der Waals surface area (Å²) in [5, 5.41) is 2.98. The van der Waals surface area contributed by atoms with Crippen LogP contribution >= 0.6 is 37.2 Å². The minimum absolute atomic E-state index is 0. The highest BCUT2D eigenvalue weighted by atomic mass is 35.5. The zero-order valence-corrected chi connectivity index (χ0v) is 17.9. The van der Waals surface area contributed by atoms with Crippen molar-refractivity contribution in [3.8, 4) is 0 Å². The summed E-state index contributed by atoms with van der Waals surface area (Å²) in [5.74, 6) is 0.121. The van der Waals surface area contributed by atoms with Gasteiger partial charge in [-0.3, -0.25) is 9.69 Å². The maximum atomic E-state index is 11.6. The normalized spacial score (nSPS) is 15.1. The second kappa shape index (κ2) is 15.3. The van der Waals surface area contributed by atoms with Crippen molar-refractivity contribution >= 4 is 48.8 Å². The first kappa shape index (κ1) is 27.5. The van der Waals surface area contributed by atoms with E-state index in [-0.39, 0.29) is 49.2 Å². The summed E-state index contributed by atoms with van der Waals surface area (Å²) in [6.07, 6.45) is 2.30. The van der Waals surface area contributed by atoms with Crippen LogP contribution in [0, 0.1) is 0 Å². The van der Waals surface area contributed by atoms with Crippen molar-refractivity contribution in [3.63, 3.8) is 0 Å². The van der Waals surface area contributed by atoms with Gasteiger partial charge in [0.05, 0.1) is 0 Å². The van der Waals surface area contributed by atoms with Gasteiger partial charge >= 0.3 is 0 Å². The number of anilines is 1. The monoisotopic (exact) mass is 426 g/mol. The lowest BCUT2D eigenvalue weighted by atomic mass is 10.2. The molecular formula is C18H33Cl3N4O. The molecule has 26 heavy (non-hydrogen) atoms. The smallest absolute Gasteiger partial charge is 0.220 e. The van der Waals surface area contributed by atoms with E-state index < -0.39 is 0 Å². The predicted octanol–water partition coefficient (Wildman–Crippen LogP) is 2.71. The van der Waals surface area contributed by atoms with Gasteiger partial charge in [0.1, 0.15) is 0 Å². The number of hydrogen-bond donors (Lipinski definition) is 2. The molecule has 5 nitrogen and oxygen atoms in total. The first-order chi connectivity index (χ1) is 11.1. The van der Waals surface area contributed by atoms with Crippen molar-refractivity contribution in [2.45, 2.75) is 32.2 Å². The van der Waals surface area contributed by atoms with E-state index in [0.29, 0.717) is 6.42 Å². The Morgan fingerprint density at radius 2 is 1.73 bits per heavy atom. The zero-order valence-electron chi connectivity index (χ0n) is 15.4. The first-order valence-corrected chi connectivity index (χ1v) is 8.70. The molecule has 1 heterocycles. The number of halogens is 3. The number of amides is 1. The quantitative estimate of drug-likeness (QED) is 0.626. The highest BCUT2D eigenvalue weighted by Gasteiger charge is 2.16. The van der Waals surface area contributed by atoms with Crippen LogP contribution in [0.2, 0.25) is 0 Å². The molecule has 2 rings (SSSR count). The van der Waals surface area contributed by atoms with Crippen LogP contribution in [-0.4, -0.2) is 56.1 Å². The largest absolute Gasteiger partial charge is 0.369 e. The van der Waals surface area contributed by atoms with E-state index in [1.807, 2.05) is 6.92 Å². The lowest BCUT2D eigenvalue weighted by Crippen LogP contribution is -2.47. The fourth-order valence-electron chi connectivity index (χ4n) is 2.85. The molecule has 1 amide bonds. The molecule has 0 aliphatic carbocycles. The molecule has 152 valence electrons. The summed E-state index contributed by atoms with van der Waals surface area (Å²) in [7, 11) is 0. The average Bonchev–Trinajstić information content (AvgIpc) is 2.58. The molecule has 1 aromatic carbocycles. The van der Waals surface area contributed by atoms with Crippen molar-refractivity contribution in [2.24, 2.45) is 5.73 Å². The standard InChI is InChI=1S/C18H30N4O.3ClH/c1-16(19)8-9-18(23)20-10-5-11-21-12-14-22(15-13-21)17-6-3-2-4-7-17;;;/h2-4,6-7,16H,5,8-15,19H2,1H3,(H,20,23);3*1H. The molecular weight excluding hydrogens is 395 g/mol. The lowest BCUT2D eigenvalue weighted by Gasteiger charge is -2.36. The number of carbonyl (C=O) groups excluding carboxylic acids is 1. The summed E-state index contributed by atoms with van der Waals surface area (Å²) < 4.78 is 0. The van der Waals surface area contributed by atoms with Crippen molar-refractivity contribution in [1.82, 2.24) is 10.2 Å². The third-order valence-electron chi connectivity index (χ3n) is 4.29. The molecule has 1 aliphatic rings. The van der Waals surface area contributed by atoms with Gasteiger partial charge in [-0.15, -0.1) is 37.2 Å². The van der Waals surface area contributed by atoms with E-state index in [9.17, 15) is 4.79 Å². The Morgan fingerprint density at radius 1 is 1.12 bits per heavy atom. The Balaban J connectivity index is 0. The molecule has 0 radical (unpaired) electrons. The minimum Gasteiger partial charge on any atom is -0.369 e. The maximum Gasteiger partial charge on any atom is 0.220 e. The van der Waals surface area contributed by atoms with Crippen LogP contribution in [-0.2, 0) is 4.79 Å². The molecule has 0 spiro atoms. The van der Waals surface area contributed by atoms with Gasteiger partial charge in [0.15, 0.2) is 0 Å². The molecule has 1 aliphatic heterocycles.